The van der Waals surface area contributed by atoms with Crippen LogP contribution in [-0.4, -0.2) is 5.78 Å². The van der Waals surface area contributed by atoms with Gasteiger partial charge in [0.25, 0.3) is 0 Å². The van der Waals surface area contributed by atoms with Crippen LogP contribution in [-0.2, 0) is 4.79 Å². The molecule has 0 saturated heterocycles. The van der Waals surface area contributed by atoms with E-state index in [-0.39, 0.29) is 0 Å². The molecule has 0 atom stereocenters. The summed E-state index contributed by atoms with van der Waals surface area (Å²) in [6, 6.07) is 0. The van der Waals surface area contributed by atoms with Gasteiger partial charge in [-0.15, -0.1) is 0 Å². The molecule has 0 spiro atoms. The second-order valence-corrected chi connectivity index (χ2v) is 7.13. The van der Waals surface area contributed by atoms with E-state index in [1.807, 2.05) is 13.3 Å². The van der Waals surface area contributed by atoms with Gasteiger partial charge < -0.3 is 0 Å². The molecule has 0 aliphatic rings. The topological polar surface area (TPSA) is 17.1 Å². The van der Waals surface area contributed by atoms with Gasteiger partial charge in [0.05, 0.1) is 0 Å². The third kappa shape index (κ3) is 19.6. The normalized spacial score (nSPS) is 11.0. The highest BCUT2D eigenvalue weighted by molar-refractivity contribution is 5.86. The summed E-state index contributed by atoms with van der Waals surface area (Å²) < 4.78 is 0. The highest BCUT2D eigenvalue weighted by Gasteiger charge is 2.00. The predicted molar refractivity (Wildman–Crippen MR) is 104 cm³/mol. The molecule has 1 radical (unpaired) electrons. The minimum Gasteiger partial charge on any atom is -0.299 e. The number of unbranched alkanes of at least 4 members (excludes halogenated alkanes) is 15. The molecule has 1 heteroatoms. The van der Waals surface area contributed by atoms with Crippen molar-refractivity contribution < 1.29 is 4.79 Å². The van der Waals surface area contributed by atoms with Crippen LogP contribution in [0.3, 0.4) is 0 Å². The first-order valence-corrected chi connectivity index (χ1v) is 10.7. The first-order valence-electron chi connectivity index (χ1n) is 10.7. The van der Waals surface area contributed by atoms with Crippen LogP contribution in [0.15, 0.2) is 0 Å². The maximum absolute atomic E-state index is 11.3. The van der Waals surface area contributed by atoms with Gasteiger partial charge in [0.2, 0.25) is 0 Å². The molecule has 0 aromatic heterocycles. The van der Waals surface area contributed by atoms with E-state index in [9.17, 15) is 4.79 Å². The Labute approximate surface area is 147 Å². The van der Waals surface area contributed by atoms with Crippen molar-refractivity contribution in [3.8, 4) is 0 Å². The Balaban J connectivity index is 3.01. The maximum Gasteiger partial charge on any atom is 0.136 e. The standard InChI is InChI=1S/C22H43O/c1-3-5-6-7-8-9-10-11-12-13-14-15-16-17-18-19-21-22(23)20-4-2/h20H,3-19,21H2,1-2H3. The van der Waals surface area contributed by atoms with Gasteiger partial charge in [-0.1, -0.05) is 110 Å². The second-order valence-electron chi connectivity index (χ2n) is 7.13. The number of ketones is 1. The molecule has 0 aromatic carbocycles. The predicted octanol–water partition coefficient (Wildman–Crippen LogP) is 7.82. The van der Waals surface area contributed by atoms with Gasteiger partial charge >= 0.3 is 0 Å². The van der Waals surface area contributed by atoms with Crippen molar-refractivity contribution in [2.45, 2.75) is 129 Å². The van der Waals surface area contributed by atoms with Crippen LogP contribution < -0.4 is 0 Å². The van der Waals surface area contributed by atoms with Crippen molar-refractivity contribution >= 4 is 5.78 Å². The highest BCUT2D eigenvalue weighted by atomic mass is 16.1. The van der Waals surface area contributed by atoms with Crippen LogP contribution >= 0.6 is 0 Å². The number of hydrogen-bond acceptors (Lipinski definition) is 1. The van der Waals surface area contributed by atoms with Crippen molar-refractivity contribution in [1.82, 2.24) is 0 Å². The molecule has 1 nitrogen and oxygen atoms in total. The van der Waals surface area contributed by atoms with E-state index in [0.29, 0.717) is 5.78 Å². The van der Waals surface area contributed by atoms with Gasteiger partial charge in [-0.25, -0.2) is 0 Å². The van der Waals surface area contributed by atoms with E-state index < -0.39 is 0 Å². The zero-order chi connectivity index (χ0) is 17.0. The van der Waals surface area contributed by atoms with Crippen molar-refractivity contribution in [3.05, 3.63) is 6.42 Å². The molecule has 0 unspecified atom stereocenters. The van der Waals surface area contributed by atoms with Gasteiger partial charge in [0, 0.05) is 12.8 Å². The Hall–Kier alpha value is -0.330. The van der Waals surface area contributed by atoms with Gasteiger partial charge in [0.1, 0.15) is 5.78 Å². The molecule has 0 aliphatic carbocycles. The Kier molecular flexibility index (Phi) is 19.4. The largest absolute Gasteiger partial charge is 0.299 e. The van der Waals surface area contributed by atoms with E-state index in [4.69, 9.17) is 0 Å². The Morgan fingerprint density at radius 1 is 0.565 bits per heavy atom. The van der Waals surface area contributed by atoms with Crippen molar-refractivity contribution in [1.29, 1.82) is 0 Å². The molecule has 23 heavy (non-hydrogen) atoms. The van der Waals surface area contributed by atoms with E-state index in [0.717, 1.165) is 19.3 Å². The van der Waals surface area contributed by atoms with Crippen LogP contribution in [0.2, 0.25) is 0 Å². The summed E-state index contributed by atoms with van der Waals surface area (Å²) in [5, 5.41) is 0. The van der Waals surface area contributed by atoms with Crippen LogP contribution in [0.5, 0.6) is 0 Å². The number of hydrogen-bond donors (Lipinski definition) is 0. The summed E-state index contributed by atoms with van der Waals surface area (Å²) >= 11 is 0. The van der Waals surface area contributed by atoms with Crippen molar-refractivity contribution in [2.24, 2.45) is 0 Å². The summed E-state index contributed by atoms with van der Waals surface area (Å²) in [6.07, 6.45) is 25.7. The molecular weight excluding hydrogens is 280 g/mol. The van der Waals surface area contributed by atoms with E-state index in [1.54, 1.807) is 0 Å². The molecule has 137 valence electrons. The highest BCUT2D eigenvalue weighted by Crippen LogP contribution is 2.14. The molecule has 0 rings (SSSR count). The van der Waals surface area contributed by atoms with Crippen molar-refractivity contribution in [3.63, 3.8) is 0 Å². The number of carbonyl (C=O) groups is 1. The molecule has 0 amide bonds. The van der Waals surface area contributed by atoms with Crippen molar-refractivity contribution in [2.75, 3.05) is 0 Å². The van der Waals surface area contributed by atoms with Crippen LogP contribution in [0.1, 0.15) is 129 Å². The first kappa shape index (κ1) is 22.7. The number of rotatable bonds is 19. The molecule has 0 saturated carbocycles. The average molecular weight is 324 g/mol. The minimum absolute atomic E-state index is 0.345. The SMILES string of the molecule is CC[CH]C(=O)CCCCCCCCCCCCCCCCCC. The van der Waals surface area contributed by atoms with Crippen LogP contribution in [0.4, 0.5) is 0 Å². The summed E-state index contributed by atoms with van der Waals surface area (Å²) in [7, 11) is 0. The third-order valence-electron chi connectivity index (χ3n) is 4.71. The number of carbonyl (C=O) groups excluding carboxylic acids is 1. The minimum atomic E-state index is 0.345. The smallest absolute Gasteiger partial charge is 0.136 e. The molecule has 0 aromatic rings. The maximum atomic E-state index is 11.3. The zero-order valence-electron chi connectivity index (χ0n) is 16.2. The van der Waals surface area contributed by atoms with Gasteiger partial charge in [-0.2, -0.15) is 0 Å². The van der Waals surface area contributed by atoms with E-state index >= 15 is 0 Å². The van der Waals surface area contributed by atoms with Gasteiger partial charge in [-0.05, 0) is 12.8 Å². The van der Waals surface area contributed by atoms with E-state index in [2.05, 4.69) is 6.92 Å². The zero-order valence-corrected chi connectivity index (χ0v) is 16.2. The number of Topliss-reactive ketones (excluding diaryl/α,β-unsaturated/α-hetero) is 1. The summed E-state index contributed by atoms with van der Waals surface area (Å²) in [6.45, 7) is 4.32. The van der Waals surface area contributed by atoms with E-state index in [1.165, 1.54) is 96.3 Å². The monoisotopic (exact) mass is 323 g/mol. The summed E-state index contributed by atoms with van der Waals surface area (Å²) in [5.41, 5.74) is 0. The lowest BCUT2D eigenvalue weighted by Gasteiger charge is -2.03. The lowest BCUT2D eigenvalue weighted by molar-refractivity contribution is -0.116. The van der Waals surface area contributed by atoms with Crippen LogP contribution in [0, 0.1) is 6.42 Å². The van der Waals surface area contributed by atoms with Gasteiger partial charge in [-0.3, -0.25) is 4.79 Å². The third-order valence-corrected chi connectivity index (χ3v) is 4.71. The molecular formula is C22H43O. The summed E-state index contributed by atoms with van der Waals surface area (Å²) in [4.78, 5) is 11.3. The molecule has 0 N–H and O–H groups in total. The molecule has 0 heterocycles. The molecule has 0 bridgehead atoms. The lowest BCUT2D eigenvalue weighted by Crippen LogP contribution is -1.97. The quantitative estimate of drug-likeness (QED) is 0.221. The van der Waals surface area contributed by atoms with Gasteiger partial charge in [0.15, 0.2) is 0 Å². The lowest BCUT2D eigenvalue weighted by atomic mass is 10.0. The molecule has 0 aliphatic heterocycles. The average Bonchev–Trinajstić information content (AvgIpc) is 2.54. The fourth-order valence-corrected chi connectivity index (χ4v) is 3.18. The summed E-state index contributed by atoms with van der Waals surface area (Å²) in [5.74, 6) is 0.345. The Bertz CT molecular complexity index is 234. The van der Waals surface area contributed by atoms with Crippen LogP contribution in [0.25, 0.3) is 0 Å². The first-order chi connectivity index (χ1) is 11.3. The fourth-order valence-electron chi connectivity index (χ4n) is 3.18. The fraction of sp³-hybridized carbons (Fsp3) is 0.909. The Morgan fingerprint density at radius 3 is 1.26 bits per heavy atom. The molecule has 0 fully saturated rings. The Morgan fingerprint density at radius 2 is 0.913 bits per heavy atom. The second kappa shape index (κ2) is 19.7.